The zero-order chi connectivity index (χ0) is 8.78. The molecule has 0 amide bonds. The maximum Gasteiger partial charge on any atom is 0.694 e. The molecule has 0 saturated carbocycles. The molecule has 0 radical (unpaired) electrons. The molecular weight excluding hydrogens is 202 g/mol. The molecular formula is CH7O6P2S+. The van der Waals surface area contributed by atoms with Gasteiger partial charge in [-0.05, 0) is 11.8 Å². The second-order valence-corrected chi connectivity index (χ2v) is 4.27. The van der Waals surface area contributed by atoms with Crippen LogP contribution >= 0.6 is 15.0 Å². The lowest BCUT2D eigenvalue weighted by atomic mass is 11.8. The lowest BCUT2D eigenvalue weighted by molar-refractivity contribution is 0.343. The van der Waals surface area contributed by atoms with Crippen LogP contribution in [0.2, 0.25) is 0 Å². The van der Waals surface area contributed by atoms with Gasteiger partial charge in [-0.2, -0.15) is 0 Å². The molecule has 0 aliphatic carbocycles. The first kappa shape index (κ1) is 13.2. The van der Waals surface area contributed by atoms with E-state index in [-0.39, 0.29) is 0 Å². The lowest BCUT2D eigenvalue weighted by Gasteiger charge is -1.88. The van der Waals surface area contributed by atoms with E-state index in [0.29, 0.717) is 0 Å². The molecule has 0 fully saturated rings. The van der Waals surface area contributed by atoms with Gasteiger partial charge in [-0.25, -0.2) is 0 Å². The Balaban J connectivity index is 0. The Morgan fingerprint density at radius 2 is 1.60 bits per heavy atom. The number of hydrogen-bond acceptors (Lipinski definition) is 3. The molecule has 0 aliphatic heterocycles. The summed E-state index contributed by atoms with van der Waals surface area (Å²) in [6.07, 6.45) is 0. The molecule has 0 aromatic rings. The van der Waals surface area contributed by atoms with Crippen molar-refractivity contribution in [3.63, 3.8) is 0 Å². The van der Waals surface area contributed by atoms with Crippen molar-refractivity contribution in [3.8, 4) is 0 Å². The fourth-order valence-corrected chi connectivity index (χ4v) is 0. The first-order valence-corrected chi connectivity index (χ1v) is 5.55. The molecule has 62 valence electrons. The summed E-state index contributed by atoms with van der Waals surface area (Å²) < 4.78 is 13.1. The molecule has 10 heavy (non-hydrogen) atoms. The SMILES string of the molecule is CO[P+](=O)O.OP(O)(O)=S. The second-order valence-electron chi connectivity index (χ2n) is 0.934. The highest BCUT2D eigenvalue weighted by Gasteiger charge is 2.02. The standard InChI is InChI=1S/CH3O3P.H3O3PS/c1-4-5(2)3;1-4(2,3)5/h1H3;(H3,1,2,3,5)/p+1. The maximum atomic E-state index is 9.29. The smallest absolute Gasteiger partial charge is 0.325 e. The summed E-state index contributed by atoms with van der Waals surface area (Å²) in [6.45, 7) is -3.81. The number of rotatable bonds is 1. The Morgan fingerprint density at radius 1 is 1.50 bits per heavy atom. The average Bonchev–Trinajstić information content (AvgIpc) is 1.61. The van der Waals surface area contributed by atoms with E-state index in [1.165, 1.54) is 7.11 Å². The molecule has 0 spiro atoms. The molecule has 0 aromatic heterocycles. The largest absolute Gasteiger partial charge is 0.694 e. The molecule has 6 nitrogen and oxygen atoms in total. The molecule has 4 N–H and O–H groups in total. The van der Waals surface area contributed by atoms with Crippen LogP contribution < -0.4 is 0 Å². The Bertz CT molecular complexity index is 130. The summed E-state index contributed by atoms with van der Waals surface area (Å²) in [4.78, 5) is 30.3. The van der Waals surface area contributed by atoms with Gasteiger partial charge < -0.3 is 14.7 Å². The van der Waals surface area contributed by atoms with E-state index in [2.05, 4.69) is 16.3 Å². The molecule has 9 heteroatoms. The predicted molar refractivity (Wildman–Crippen MR) is 37.8 cm³/mol. The van der Waals surface area contributed by atoms with Crippen molar-refractivity contribution in [1.82, 2.24) is 0 Å². The van der Waals surface area contributed by atoms with Crippen LogP contribution in [0, 0.1) is 0 Å². The first-order chi connectivity index (χ1) is 4.27. The van der Waals surface area contributed by atoms with E-state index < -0.39 is 15.0 Å². The van der Waals surface area contributed by atoms with Crippen LogP contribution in [0.4, 0.5) is 0 Å². The quantitative estimate of drug-likeness (QED) is 0.430. The van der Waals surface area contributed by atoms with Gasteiger partial charge in [0.2, 0.25) is 0 Å². The highest BCUT2D eigenvalue weighted by molar-refractivity contribution is 8.06. The van der Waals surface area contributed by atoms with Gasteiger partial charge in [0.25, 0.3) is 0 Å². The topological polar surface area (TPSA) is 107 Å². The third kappa shape index (κ3) is 75.0. The zero-order valence-corrected chi connectivity index (χ0v) is 7.51. The molecule has 0 saturated heterocycles. The second kappa shape index (κ2) is 6.27. The van der Waals surface area contributed by atoms with Crippen LogP contribution in [0.25, 0.3) is 0 Å². The van der Waals surface area contributed by atoms with Crippen molar-refractivity contribution in [2.45, 2.75) is 0 Å². The predicted octanol–water partition coefficient (Wildman–Crippen LogP) is -0.530. The summed E-state index contributed by atoms with van der Waals surface area (Å²) in [5.41, 5.74) is 0. The lowest BCUT2D eigenvalue weighted by Crippen LogP contribution is -1.65. The Morgan fingerprint density at radius 3 is 1.60 bits per heavy atom. The van der Waals surface area contributed by atoms with Crippen molar-refractivity contribution in [3.05, 3.63) is 0 Å². The summed E-state index contributed by atoms with van der Waals surface area (Å²) in [7, 11) is -1.18. The summed E-state index contributed by atoms with van der Waals surface area (Å²) >= 11 is 3.60. The van der Waals surface area contributed by atoms with E-state index in [4.69, 9.17) is 19.6 Å². The van der Waals surface area contributed by atoms with E-state index >= 15 is 0 Å². The first-order valence-electron chi connectivity index (χ1n) is 1.76. The van der Waals surface area contributed by atoms with Crippen LogP contribution in [-0.4, -0.2) is 26.7 Å². The van der Waals surface area contributed by atoms with E-state index in [9.17, 15) is 4.57 Å². The van der Waals surface area contributed by atoms with Crippen molar-refractivity contribution < 1.29 is 28.7 Å². The van der Waals surface area contributed by atoms with Crippen LogP contribution in [-0.2, 0) is 20.9 Å². The number of hydrogen-bond donors (Lipinski definition) is 4. The fraction of sp³-hybridized carbons (Fsp3) is 1.00. The fourth-order valence-electron chi connectivity index (χ4n) is 0. The van der Waals surface area contributed by atoms with Crippen LogP contribution in [0.15, 0.2) is 0 Å². The third-order valence-corrected chi connectivity index (χ3v) is 0.469. The van der Waals surface area contributed by atoms with Gasteiger partial charge in [-0.15, -0.1) is 9.42 Å². The van der Waals surface area contributed by atoms with Crippen LogP contribution in [0.1, 0.15) is 0 Å². The molecule has 1 unspecified atom stereocenters. The summed E-state index contributed by atoms with van der Waals surface area (Å²) in [6, 6.07) is 0. The van der Waals surface area contributed by atoms with Gasteiger partial charge >= 0.3 is 15.0 Å². The molecule has 0 aliphatic rings. The maximum absolute atomic E-state index is 9.29. The van der Waals surface area contributed by atoms with E-state index in [1.807, 2.05) is 0 Å². The van der Waals surface area contributed by atoms with Crippen LogP contribution in [0.5, 0.6) is 0 Å². The Labute approximate surface area is 63.3 Å². The molecule has 0 rings (SSSR count). The van der Waals surface area contributed by atoms with Gasteiger partial charge in [-0.3, -0.25) is 0 Å². The minimum absolute atomic E-state index is 1.17. The van der Waals surface area contributed by atoms with Gasteiger partial charge in [0, 0.05) is 4.57 Å². The molecule has 0 heterocycles. The van der Waals surface area contributed by atoms with E-state index in [0.717, 1.165) is 0 Å². The van der Waals surface area contributed by atoms with Gasteiger partial charge in [-0.1, -0.05) is 0 Å². The van der Waals surface area contributed by atoms with Crippen molar-refractivity contribution in [2.75, 3.05) is 7.11 Å². The molecule has 1 atom stereocenters. The van der Waals surface area contributed by atoms with E-state index in [1.54, 1.807) is 0 Å². The normalized spacial score (nSPS) is 11.5. The van der Waals surface area contributed by atoms with Crippen molar-refractivity contribution >= 4 is 26.8 Å². The third-order valence-electron chi connectivity index (χ3n) is 0.156. The van der Waals surface area contributed by atoms with Crippen LogP contribution in [0.3, 0.4) is 0 Å². The Hall–Kier alpha value is 0.550. The molecule has 0 aromatic carbocycles. The highest BCUT2D eigenvalue weighted by Crippen LogP contribution is 2.26. The van der Waals surface area contributed by atoms with Gasteiger partial charge in [0.1, 0.15) is 0 Å². The zero-order valence-electron chi connectivity index (χ0n) is 4.91. The Kier molecular flexibility index (Phi) is 8.26. The van der Waals surface area contributed by atoms with Crippen molar-refractivity contribution in [2.24, 2.45) is 0 Å². The molecule has 0 bridgehead atoms. The highest BCUT2D eigenvalue weighted by atomic mass is 32.5. The summed E-state index contributed by atoms with van der Waals surface area (Å²) in [5.74, 6) is 0. The minimum Gasteiger partial charge on any atom is -0.325 e. The van der Waals surface area contributed by atoms with Gasteiger partial charge in [0.15, 0.2) is 0 Å². The monoisotopic (exact) mass is 209 g/mol. The minimum atomic E-state index is -3.81. The van der Waals surface area contributed by atoms with Crippen molar-refractivity contribution in [1.29, 1.82) is 0 Å². The average molecular weight is 209 g/mol. The summed E-state index contributed by atoms with van der Waals surface area (Å²) in [5, 5.41) is 0. The van der Waals surface area contributed by atoms with Gasteiger partial charge in [0.05, 0.1) is 7.11 Å².